The number of carbonyl (C=O) groups excluding carboxylic acids is 1. The van der Waals surface area contributed by atoms with Crippen molar-refractivity contribution < 1.29 is 4.79 Å². The highest BCUT2D eigenvalue weighted by molar-refractivity contribution is 8.00. The summed E-state index contributed by atoms with van der Waals surface area (Å²) < 4.78 is 0. The van der Waals surface area contributed by atoms with Gasteiger partial charge in [0.05, 0.1) is 12.1 Å². The van der Waals surface area contributed by atoms with E-state index in [2.05, 4.69) is 30.7 Å². The number of thioether (sulfide) groups is 1. The highest BCUT2D eigenvalue weighted by Gasteiger charge is 2.29. The van der Waals surface area contributed by atoms with Crippen LogP contribution in [0.15, 0.2) is 18.5 Å². The van der Waals surface area contributed by atoms with Crippen molar-refractivity contribution in [2.75, 3.05) is 18.8 Å². The molecule has 5 heteroatoms. The van der Waals surface area contributed by atoms with E-state index in [4.69, 9.17) is 5.73 Å². The summed E-state index contributed by atoms with van der Waals surface area (Å²) in [5, 5.41) is 0.459. The zero-order chi connectivity index (χ0) is 14.5. The molecule has 4 nitrogen and oxygen atoms in total. The summed E-state index contributed by atoms with van der Waals surface area (Å²) in [4.78, 5) is 18.6. The zero-order valence-electron chi connectivity index (χ0n) is 11.8. The Balaban J connectivity index is 2.20. The highest BCUT2D eigenvalue weighted by atomic mass is 32.2. The molecule has 2 heterocycles. The Morgan fingerprint density at radius 3 is 3.10 bits per heavy atom. The largest absolute Gasteiger partial charge is 0.334 e. The third kappa shape index (κ3) is 3.33. The van der Waals surface area contributed by atoms with Crippen LogP contribution in [0, 0.1) is 11.8 Å². The fourth-order valence-corrected chi connectivity index (χ4v) is 3.26. The maximum atomic E-state index is 12.6. The van der Waals surface area contributed by atoms with E-state index in [1.165, 1.54) is 0 Å². The summed E-state index contributed by atoms with van der Waals surface area (Å²) in [6.45, 7) is 5.35. The van der Waals surface area contributed by atoms with Crippen LogP contribution in [0.5, 0.6) is 0 Å². The van der Waals surface area contributed by atoms with Crippen molar-refractivity contribution in [1.82, 2.24) is 9.88 Å². The Kier molecular flexibility index (Phi) is 5.05. The molecule has 106 valence electrons. The molecule has 0 bridgehead atoms. The number of pyridine rings is 1. The molecule has 1 aromatic heterocycles. The Labute approximate surface area is 124 Å². The van der Waals surface area contributed by atoms with Crippen molar-refractivity contribution in [3.63, 3.8) is 0 Å². The molecule has 0 spiro atoms. The van der Waals surface area contributed by atoms with E-state index in [0.717, 1.165) is 17.9 Å². The van der Waals surface area contributed by atoms with Gasteiger partial charge in [0.1, 0.15) is 0 Å². The average Bonchev–Trinajstić information content (AvgIpc) is 2.47. The van der Waals surface area contributed by atoms with Crippen molar-refractivity contribution in [3.8, 4) is 11.8 Å². The third-order valence-corrected chi connectivity index (χ3v) is 4.80. The van der Waals surface area contributed by atoms with Gasteiger partial charge in [-0.05, 0) is 13.0 Å². The van der Waals surface area contributed by atoms with E-state index in [0.29, 0.717) is 17.4 Å². The number of hydrogen-bond donors (Lipinski definition) is 1. The van der Waals surface area contributed by atoms with Crippen molar-refractivity contribution in [1.29, 1.82) is 0 Å². The minimum absolute atomic E-state index is 0.0357. The lowest BCUT2D eigenvalue weighted by molar-refractivity contribution is 0.0697. The number of nitrogens with zero attached hydrogens (tertiary/aromatic N) is 2. The maximum absolute atomic E-state index is 12.6. The molecule has 1 aliphatic rings. The quantitative estimate of drug-likeness (QED) is 0.793. The number of carbonyl (C=O) groups is 1. The van der Waals surface area contributed by atoms with Gasteiger partial charge < -0.3 is 10.6 Å². The molecule has 1 fully saturated rings. The lowest BCUT2D eigenvalue weighted by Crippen LogP contribution is -2.48. The summed E-state index contributed by atoms with van der Waals surface area (Å²) in [5.41, 5.74) is 6.68. The standard InChI is InChI=1S/C15H19N3OS/c1-11-12(2)20-7-6-18(11)15(19)14-8-13(4-3-5-16)9-17-10-14/h8-12H,5-7,16H2,1-2H3. The molecule has 2 unspecified atom stereocenters. The van der Waals surface area contributed by atoms with Gasteiger partial charge in [-0.3, -0.25) is 9.78 Å². The average molecular weight is 289 g/mol. The first-order chi connectivity index (χ1) is 9.63. The second-order valence-corrected chi connectivity index (χ2v) is 6.27. The lowest BCUT2D eigenvalue weighted by atomic mass is 10.1. The SMILES string of the molecule is CC1SCCN(C(=O)c2cncc(C#CCN)c2)C1C. The fraction of sp³-hybridized carbons (Fsp3) is 0.467. The van der Waals surface area contributed by atoms with Gasteiger partial charge in [0.15, 0.2) is 0 Å². The van der Waals surface area contributed by atoms with E-state index in [1.54, 1.807) is 18.5 Å². The van der Waals surface area contributed by atoms with Gasteiger partial charge in [-0.1, -0.05) is 18.8 Å². The molecule has 1 aromatic rings. The molecule has 20 heavy (non-hydrogen) atoms. The molecule has 0 radical (unpaired) electrons. The molecule has 2 N–H and O–H groups in total. The summed E-state index contributed by atoms with van der Waals surface area (Å²) in [6, 6.07) is 2.02. The predicted octanol–water partition coefficient (Wildman–Crippen LogP) is 1.36. The number of rotatable bonds is 1. The van der Waals surface area contributed by atoms with E-state index in [1.807, 2.05) is 16.7 Å². The van der Waals surface area contributed by atoms with Crippen molar-refractivity contribution in [3.05, 3.63) is 29.6 Å². The van der Waals surface area contributed by atoms with Crippen molar-refractivity contribution >= 4 is 17.7 Å². The van der Waals surface area contributed by atoms with E-state index in [9.17, 15) is 4.79 Å². The summed E-state index contributed by atoms with van der Waals surface area (Å²) in [6.07, 6.45) is 3.26. The van der Waals surface area contributed by atoms with Crippen molar-refractivity contribution in [2.24, 2.45) is 5.73 Å². The van der Waals surface area contributed by atoms with Gasteiger partial charge in [-0.25, -0.2) is 0 Å². The van der Waals surface area contributed by atoms with Crippen LogP contribution in [-0.2, 0) is 0 Å². The molecule has 1 saturated heterocycles. The number of aromatic nitrogens is 1. The van der Waals surface area contributed by atoms with Crippen LogP contribution in [0.25, 0.3) is 0 Å². The molecule has 0 aromatic carbocycles. The fourth-order valence-electron chi connectivity index (χ4n) is 2.16. The van der Waals surface area contributed by atoms with E-state index in [-0.39, 0.29) is 11.9 Å². The molecular weight excluding hydrogens is 270 g/mol. The smallest absolute Gasteiger partial charge is 0.255 e. The summed E-state index contributed by atoms with van der Waals surface area (Å²) in [5.74, 6) is 6.70. The van der Waals surface area contributed by atoms with Gasteiger partial charge in [-0.2, -0.15) is 11.8 Å². The van der Waals surface area contributed by atoms with E-state index < -0.39 is 0 Å². The van der Waals surface area contributed by atoms with Gasteiger partial charge >= 0.3 is 0 Å². The molecule has 2 atom stereocenters. The second kappa shape index (κ2) is 6.78. The zero-order valence-corrected chi connectivity index (χ0v) is 12.6. The van der Waals surface area contributed by atoms with Gasteiger partial charge in [0.2, 0.25) is 0 Å². The monoisotopic (exact) mass is 289 g/mol. The Bertz CT molecular complexity index is 550. The van der Waals surface area contributed by atoms with Gasteiger partial charge in [-0.15, -0.1) is 0 Å². The van der Waals surface area contributed by atoms with Crippen LogP contribution in [-0.4, -0.2) is 45.9 Å². The number of amides is 1. The Morgan fingerprint density at radius 2 is 2.35 bits per heavy atom. The highest BCUT2D eigenvalue weighted by Crippen LogP contribution is 2.25. The van der Waals surface area contributed by atoms with Gasteiger partial charge in [0.25, 0.3) is 5.91 Å². The summed E-state index contributed by atoms with van der Waals surface area (Å²) >= 11 is 1.91. The number of hydrogen-bond acceptors (Lipinski definition) is 4. The first-order valence-corrected chi connectivity index (χ1v) is 7.75. The minimum atomic E-state index is 0.0357. The van der Waals surface area contributed by atoms with E-state index >= 15 is 0 Å². The Hall–Kier alpha value is -1.51. The van der Waals surface area contributed by atoms with Crippen LogP contribution in [0.3, 0.4) is 0 Å². The molecule has 0 saturated carbocycles. The number of nitrogens with two attached hydrogens (primary N) is 1. The first kappa shape index (κ1) is 14.9. The van der Waals surface area contributed by atoms with Crippen LogP contribution in [0.4, 0.5) is 0 Å². The third-order valence-electron chi connectivity index (χ3n) is 3.46. The van der Waals surface area contributed by atoms with Crippen LogP contribution in [0.1, 0.15) is 29.8 Å². The van der Waals surface area contributed by atoms with Crippen molar-refractivity contribution in [2.45, 2.75) is 25.1 Å². The minimum Gasteiger partial charge on any atom is -0.334 e. The topological polar surface area (TPSA) is 59.2 Å². The predicted molar refractivity (Wildman–Crippen MR) is 82.6 cm³/mol. The molecule has 0 aliphatic carbocycles. The molecule has 1 amide bonds. The second-order valence-electron chi connectivity index (χ2n) is 4.78. The summed E-state index contributed by atoms with van der Waals surface area (Å²) in [7, 11) is 0. The van der Waals surface area contributed by atoms with Crippen LogP contribution >= 0.6 is 11.8 Å². The Morgan fingerprint density at radius 1 is 1.55 bits per heavy atom. The molecular formula is C15H19N3OS. The normalized spacial score (nSPS) is 22.1. The molecule has 2 rings (SSSR count). The van der Waals surface area contributed by atoms with Crippen LogP contribution < -0.4 is 5.73 Å². The van der Waals surface area contributed by atoms with Crippen LogP contribution in [0.2, 0.25) is 0 Å². The van der Waals surface area contributed by atoms with Gasteiger partial charge in [0, 0.05) is 41.5 Å². The lowest BCUT2D eigenvalue weighted by Gasteiger charge is -2.37. The first-order valence-electron chi connectivity index (χ1n) is 6.70. The molecule has 1 aliphatic heterocycles. The maximum Gasteiger partial charge on any atom is 0.255 e.